The van der Waals surface area contributed by atoms with Gasteiger partial charge in [-0.3, -0.25) is 0 Å². The van der Waals surface area contributed by atoms with Gasteiger partial charge in [0, 0.05) is 12.2 Å². The van der Waals surface area contributed by atoms with Crippen LogP contribution in [0.15, 0.2) is 23.0 Å². The van der Waals surface area contributed by atoms with Gasteiger partial charge in [-0.05, 0) is 38.8 Å². The van der Waals surface area contributed by atoms with Gasteiger partial charge in [0.1, 0.15) is 0 Å². The van der Waals surface area contributed by atoms with Crippen molar-refractivity contribution in [1.29, 1.82) is 0 Å². The van der Waals surface area contributed by atoms with Gasteiger partial charge in [-0.1, -0.05) is 6.92 Å². The third kappa shape index (κ3) is 2.30. The van der Waals surface area contributed by atoms with Crippen LogP contribution in [-0.2, 0) is 4.74 Å². The van der Waals surface area contributed by atoms with E-state index >= 15 is 0 Å². The summed E-state index contributed by atoms with van der Waals surface area (Å²) in [5.41, 5.74) is 1.11. The SMILES string of the molecule is CCCNC(c1ccoc1)C1(C)CCCO1. The minimum Gasteiger partial charge on any atom is -0.472 e. The minimum atomic E-state index is -0.0843. The first kappa shape index (κ1) is 11.7. The van der Waals surface area contributed by atoms with Crippen LogP contribution in [0.2, 0.25) is 0 Å². The highest BCUT2D eigenvalue weighted by atomic mass is 16.5. The molecule has 0 amide bonds. The molecule has 1 aliphatic heterocycles. The monoisotopic (exact) mass is 223 g/mol. The van der Waals surface area contributed by atoms with Crippen LogP contribution in [0.4, 0.5) is 0 Å². The van der Waals surface area contributed by atoms with Crippen molar-refractivity contribution in [3.63, 3.8) is 0 Å². The van der Waals surface area contributed by atoms with Gasteiger partial charge in [0.15, 0.2) is 0 Å². The lowest BCUT2D eigenvalue weighted by molar-refractivity contribution is -0.0126. The molecule has 2 rings (SSSR count). The molecule has 16 heavy (non-hydrogen) atoms. The van der Waals surface area contributed by atoms with Crippen LogP contribution >= 0.6 is 0 Å². The van der Waals surface area contributed by atoms with Crippen molar-refractivity contribution in [3.05, 3.63) is 24.2 Å². The number of hydrogen-bond donors (Lipinski definition) is 1. The summed E-state index contributed by atoms with van der Waals surface area (Å²) in [6.45, 7) is 6.26. The summed E-state index contributed by atoms with van der Waals surface area (Å²) in [6.07, 6.45) is 6.94. The highest BCUT2D eigenvalue weighted by Gasteiger charge is 2.39. The van der Waals surface area contributed by atoms with E-state index < -0.39 is 0 Å². The average molecular weight is 223 g/mol. The Morgan fingerprint density at radius 3 is 3.00 bits per heavy atom. The van der Waals surface area contributed by atoms with Crippen LogP contribution < -0.4 is 5.32 Å². The van der Waals surface area contributed by atoms with Crippen LogP contribution in [-0.4, -0.2) is 18.8 Å². The molecule has 0 saturated carbocycles. The summed E-state index contributed by atoms with van der Waals surface area (Å²) < 4.78 is 11.1. The molecule has 1 aliphatic rings. The molecule has 1 aromatic rings. The molecule has 1 fully saturated rings. The zero-order valence-corrected chi connectivity index (χ0v) is 10.2. The minimum absolute atomic E-state index is 0.0843. The normalized spacial score (nSPS) is 27.1. The molecular weight excluding hydrogens is 202 g/mol. The van der Waals surface area contributed by atoms with Crippen LogP contribution in [0, 0.1) is 0 Å². The van der Waals surface area contributed by atoms with Gasteiger partial charge >= 0.3 is 0 Å². The van der Waals surface area contributed by atoms with E-state index in [4.69, 9.17) is 9.15 Å². The number of nitrogens with one attached hydrogen (secondary N) is 1. The average Bonchev–Trinajstić information content (AvgIpc) is 2.91. The van der Waals surface area contributed by atoms with Crippen LogP contribution in [0.5, 0.6) is 0 Å². The second-order valence-corrected chi connectivity index (χ2v) is 4.71. The summed E-state index contributed by atoms with van der Waals surface area (Å²) in [5, 5.41) is 3.57. The van der Waals surface area contributed by atoms with Gasteiger partial charge in [0.25, 0.3) is 0 Å². The highest BCUT2D eigenvalue weighted by molar-refractivity contribution is 5.17. The number of furan rings is 1. The number of hydrogen-bond acceptors (Lipinski definition) is 3. The van der Waals surface area contributed by atoms with Crippen molar-refractivity contribution in [1.82, 2.24) is 5.32 Å². The largest absolute Gasteiger partial charge is 0.472 e. The highest BCUT2D eigenvalue weighted by Crippen LogP contribution is 2.37. The van der Waals surface area contributed by atoms with Crippen molar-refractivity contribution in [2.24, 2.45) is 0 Å². The van der Waals surface area contributed by atoms with Gasteiger partial charge in [-0.15, -0.1) is 0 Å². The van der Waals surface area contributed by atoms with Crippen molar-refractivity contribution >= 4 is 0 Å². The molecule has 3 heteroatoms. The van der Waals surface area contributed by atoms with Gasteiger partial charge < -0.3 is 14.5 Å². The first-order valence-electron chi connectivity index (χ1n) is 6.16. The first-order valence-corrected chi connectivity index (χ1v) is 6.16. The molecular formula is C13H21NO2. The third-order valence-corrected chi connectivity index (χ3v) is 3.33. The third-order valence-electron chi connectivity index (χ3n) is 3.33. The molecule has 1 N–H and O–H groups in total. The molecule has 2 unspecified atom stereocenters. The lowest BCUT2D eigenvalue weighted by Gasteiger charge is -2.33. The van der Waals surface area contributed by atoms with Crippen molar-refractivity contribution in [3.8, 4) is 0 Å². The maximum Gasteiger partial charge on any atom is 0.0951 e. The number of ether oxygens (including phenoxy) is 1. The van der Waals surface area contributed by atoms with Gasteiger partial charge in [0.2, 0.25) is 0 Å². The molecule has 0 bridgehead atoms. The molecule has 1 saturated heterocycles. The molecule has 0 spiro atoms. The van der Waals surface area contributed by atoms with Gasteiger partial charge in [0.05, 0.1) is 24.2 Å². The summed E-state index contributed by atoms with van der Waals surface area (Å²) in [5.74, 6) is 0. The summed E-state index contributed by atoms with van der Waals surface area (Å²) >= 11 is 0. The first-order chi connectivity index (χ1) is 7.76. The Labute approximate surface area is 97.2 Å². The fourth-order valence-electron chi connectivity index (χ4n) is 2.44. The predicted octanol–water partition coefficient (Wildman–Crippen LogP) is 2.89. The molecule has 2 atom stereocenters. The van der Waals surface area contributed by atoms with E-state index in [1.54, 1.807) is 6.26 Å². The Balaban J connectivity index is 2.14. The Bertz CT molecular complexity index is 302. The summed E-state index contributed by atoms with van der Waals surface area (Å²) in [7, 11) is 0. The Morgan fingerprint density at radius 2 is 2.44 bits per heavy atom. The van der Waals surface area contributed by atoms with Crippen LogP contribution in [0.25, 0.3) is 0 Å². The van der Waals surface area contributed by atoms with E-state index in [0.717, 1.165) is 32.4 Å². The zero-order valence-electron chi connectivity index (χ0n) is 10.2. The Kier molecular flexibility index (Phi) is 3.66. The Morgan fingerprint density at radius 1 is 1.56 bits per heavy atom. The summed E-state index contributed by atoms with van der Waals surface area (Å²) in [6, 6.07) is 2.27. The lowest BCUT2D eigenvalue weighted by Crippen LogP contribution is -2.41. The topological polar surface area (TPSA) is 34.4 Å². The van der Waals surface area contributed by atoms with Crippen LogP contribution in [0.1, 0.15) is 44.7 Å². The van der Waals surface area contributed by atoms with E-state index in [-0.39, 0.29) is 11.6 Å². The van der Waals surface area contributed by atoms with Gasteiger partial charge in [-0.2, -0.15) is 0 Å². The van der Waals surface area contributed by atoms with Crippen molar-refractivity contribution in [2.45, 2.75) is 44.8 Å². The lowest BCUT2D eigenvalue weighted by atomic mass is 9.89. The van der Waals surface area contributed by atoms with E-state index in [1.165, 1.54) is 5.56 Å². The van der Waals surface area contributed by atoms with Crippen molar-refractivity contribution < 1.29 is 9.15 Å². The molecule has 0 radical (unpaired) electrons. The summed E-state index contributed by atoms with van der Waals surface area (Å²) in [4.78, 5) is 0. The van der Waals surface area contributed by atoms with Crippen LogP contribution in [0.3, 0.4) is 0 Å². The Hall–Kier alpha value is -0.800. The maximum absolute atomic E-state index is 5.92. The second-order valence-electron chi connectivity index (χ2n) is 4.71. The van der Waals surface area contributed by atoms with E-state index in [0.29, 0.717) is 0 Å². The fraction of sp³-hybridized carbons (Fsp3) is 0.692. The standard InChI is InChI=1S/C13H21NO2/c1-3-7-14-12(11-5-9-15-10-11)13(2)6-4-8-16-13/h5,9-10,12,14H,3-4,6-8H2,1-2H3. The molecule has 0 aromatic carbocycles. The molecule has 0 aliphatic carbocycles. The number of rotatable bonds is 5. The smallest absolute Gasteiger partial charge is 0.0951 e. The maximum atomic E-state index is 5.92. The molecule has 3 nitrogen and oxygen atoms in total. The van der Waals surface area contributed by atoms with Gasteiger partial charge in [-0.25, -0.2) is 0 Å². The fourth-order valence-corrected chi connectivity index (χ4v) is 2.44. The quantitative estimate of drug-likeness (QED) is 0.833. The van der Waals surface area contributed by atoms with E-state index in [9.17, 15) is 0 Å². The molecule has 2 heterocycles. The zero-order chi connectivity index (χ0) is 11.4. The van der Waals surface area contributed by atoms with E-state index in [1.807, 2.05) is 12.3 Å². The molecule has 1 aromatic heterocycles. The predicted molar refractivity (Wildman–Crippen MR) is 63.3 cm³/mol. The second kappa shape index (κ2) is 5.02. The van der Waals surface area contributed by atoms with E-state index in [2.05, 4.69) is 19.2 Å². The van der Waals surface area contributed by atoms with Crippen molar-refractivity contribution in [2.75, 3.05) is 13.2 Å². The molecule has 90 valence electrons.